The summed E-state index contributed by atoms with van der Waals surface area (Å²) in [5, 5.41) is 12.2. The Kier molecular flexibility index (Phi) is 3.92. The highest BCUT2D eigenvalue weighted by Gasteiger charge is 2.25. The first-order valence-electron chi connectivity index (χ1n) is 8.86. The first-order valence-corrected chi connectivity index (χ1v) is 8.86. The van der Waals surface area contributed by atoms with Gasteiger partial charge in [-0.15, -0.1) is 0 Å². The van der Waals surface area contributed by atoms with Crippen LogP contribution in [0.15, 0.2) is 29.2 Å². The Hall–Kier alpha value is -2.47. The maximum atomic E-state index is 13.3. The minimum absolute atomic E-state index is 0.0300. The number of aryl methyl sites for hydroxylation is 1. The lowest BCUT2D eigenvalue weighted by Gasteiger charge is -2.28. The average Bonchev–Trinajstić information content (AvgIpc) is 2.63. The van der Waals surface area contributed by atoms with Crippen molar-refractivity contribution in [2.24, 2.45) is 0 Å². The molecule has 6 nitrogen and oxygen atoms in total. The van der Waals surface area contributed by atoms with Gasteiger partial charge in [-0.1, -0.05) is 19.1 Å². The molecule has 3 aromatic rings. The second-order valence-corrected chi connectivity index (χ2v) is 6.84. The first kappa shape index (κ1) is 16.0. The van der Waals surface area contributed by atoms with Crippen LogP contribution in [-0.2, 0) is 6.42 Å². The molecule has 6 heteroatoms. The van der Waals surface area contributed by atoms with E-state index in [0.717, 1.165) is 35.6 Å². The van der Waals surface area contributed by atoms with Crippen molar-refractivity contribution in [1.29, 1.82) is 0 Å². The van der Waals surface area contributed by atoms with Gasteiger partial charge < -0.3 is 10.8 Å². The summed E-state index contributed by atoms with van der Waals surface area (Å²) in [6, 6.07) is 6.02. The molecular formula is C19H22N4O2. The van der Waals surface area contributed by atoms with E-state index in [1.807, 2.05) is 18.2 Å². The molecular weight excluding hydrogens is 316 g/mol. The second kappa shape index (κ2) is 6.11. The molecule has 1 saturated carbocycles. The lowest BCUT2D eigenvalue weighted by Crippen LogP contribution is -2.30. The van der Waals surface area contributed by atoms with Crippen LogP contribution in [0.2, 0.25) is 0 Å². The Morgan fingerprint density at radius 2 is 1.96 bits per heavy atom. The number of hydrogen-bond donors (Lipinski definition) is 2. The predicted molar refractivity (Wildman–Crippen MR) is 98.6 cm³/mol. The van der Waals surface area contributed by atoms with Crippen LogP contribution in [0.5, 0.6) is 0 Å². The summed E-state index contributed by atoms with van der Waals surface area (Å²) in [7, 11) is 0. The minimum Gasteiger partial charge on any atom is -0.393 e. The molecule has 0 radical (unpaired) electrons. The number of fused-ring (bicyclic) bond motifs is 3. The Morgan fingerprint density at radius 1 is 1.20 bits per heavy atom. The van der Waals surface area contributed by atoms with E-state index in [1.165, 1.54) is 0 Å². The number of pyridine rings is 1. The van der Waals surface area contributed by atoms with E-state index in [4.69, 9.17) is 5.73 Å². The molecule has 1 aliphatic rings. The van der Waals surface area contributed by atoms with Gasteiger partial charge in [0.15, 0.2) is 0 Å². The van der Waals surface area contributed by atoms with Gasteiger partial charge in [0.05, 0.1) is 6.10 Å². The summed E-state index contributed by atoms with van der Waals surface area (Å²) in [4.78, 5) is 21.8. The predicted octanol–water partition coefficient (Wildman–Crippen LogP) is 2.57. The summed E-state index contributed by atoms with van der Waals surface area (Å²) < 4.78 is 1.78. The van der Waals surface area contributed by atoms with Crippen molar-refractivity contribution in [3.8, 4) is 0 Å². The van der Waals surface area contributed by atoms with Gasteiger partial charge >= 0.3 is 0 Å². The van der Waals surface area contributed by atoms with Crippen molar-refractivity contribution in [3.05, 3.63) is 40.3 Å². The van der Waals surface area contributed by atoms with E-state index in [2.05, 4.69) is 16.9 Å². The Balaban J connectivity index is 2.05. The lowest BCUT2D eigenvalue weighted by atomic mass is 9.92. The molecule has 0 aliphatic heterocycles. The van der Waals surface area contributed by atoms with Gasteiger partial charge in [0, 0.05) is 23.0 Å². The number of nitrogen functional groups attached to an aromatic ring is 1. The molecule has 2 aromatic heterocycles. The van der Waals surface area contributed by atoms with Gasteiger partial charge in [0.1, 0.15) is 5.65 Å². The zero-order valence-electron chi connectivity index (χ0n) is 14.3. The highest BCUT2D eigenvalue weighted by molar-refractivity contribution is 6.04. The van der Waals surface area contributed by atoms with Crippen molar-refractivity contribution >= 4 is 27.8 Å². The first-order chi connectivity index (χ1) is 12.1. The van der Waals surface area contributed by atoms with Gasteiger partial charge in [-0.2, -0.15) is 4.98 Å². The number of aliphatic hydroxyl groups is 1. The molecule has 0 amide bonds. The maximum absolute atomic E-state index is 13.3. The fourth-order valence-corrected chi connectivity index (χ4v) is 3.86. The van der Waals surface area contributed by atoms with Gasteiger partial charge in [0.2, 0.25) is 5.95 Å². The standard InChI is InChI=1S/C19H22N4O2/c1-2-11-3-8-14-15(9-11)18(25)23(12-4-6-13(24)7-5-12)17-16(14)10-21-19(20)22-17/h3,8-10,12-13,24H,2,4-7H2,1H3,(H2,20,21,22). The van der Waals surface area contributed by atoms with E-state index >= 15 is 0 Å². The van der Waals surface area contributed by atoms with E-state index in [9.17, 15) is 9.90 Å². The van der Waals surface area contributed by atoms with Crippen LogP contribution in [0.1, 0.15) is 44.2 Å². The van der Waals surface area contributed by atoms with E-state index < -0.39 is 0 Å². The van der Waals surface area contributed by atoms with Crippen molar-refractivity contribution in [2.45, 2.75) is 51.2 Å². The number of aliphatic hydroxyl groups excluding tert-OH is 1. The number of hydrogen-bond acceptors (Lipinski definition) is 5. The van der Waals surface area contributed by atoms with E-state index in [1.54, 1.807) is 10.8 Å². The quantitative estimate of drug-likeness (QED) is 0.700. The number of rotatable bonds is 2. The number of nitrogens with zero attached hydrogens (tertiary/aromatic N) is 3. The largest absolute Gasteiger partial charge is 0.393 e. The van der Waals surface area contributed by atoms with Gasteiger partial charge in [-0.25, -0.2) is 4.98 Å². The molecule has 1 aliphatic carbocycles. The van der Waals surface area contributed by atoms with Gasteiger partial charge in [0.25, 0.3) is 5.56 Å². The molecule has 3 N–H and O–H groups in total. The summed E-state index contributed by atoms with van der Waals surface area (Å²) >= 11 is 0. The summed E-state index contributed by atoms with van der Waals surface area (Å²) in [5.41, 5.74) is 7.50. The molecule has 2 heterocycles. The Morgan fingerprint density at radius 3 is 2.68 bits per heavy atom. The number of anilines is 1. The van der Waals surface area contributed by atoms with Crippen LogP contribution in [0.25, 0.3) is 21.8 Å². The van der Waals surface area contributed by atoms with Gasteiger partial charge in [-0.3, -0.25) is 9.36 Å². The summed E-state index contributed by atoms with van der Waals surface area (Å²) in [6.45, 7) is 2.08. The second-order valence-electron chi connectivity index (χ2n) is 6.84. The summed E-state index contributed by atoms with van der Waals surface area (Å²) in [6.07, 6.45) is 5.24. The van der Waals surface area contributed by atoms with Crippen molar-refractivity contribution in [3.63, 3.8) is 0 Å². The van der Waals surface area contributed by atoms with Crippen LogP contribution in [0.4, 0.5) is 5.95 Å². The van der Waals surface area contributed by atoms with Crippen molar-refractivity contribution in [1.82, 2.24) is 14.5 Å². The smallest absolute Gasteiger partial charge is 0.260 e. The minimum atomic E-state index is -0.273. The molecule has 0 atom stereocenters. The van der Waals surface area contributed by atoms with Crippen LogP contribution in [-0.4, -0.2) is 25.7 Å². The number of nitrogens with two attached hydrogens (primary N) is 1. The Labute approximate surface area is 145 Å². The lowest BCUT2D eigenvalue weighted by molar-refractivity contribution is 0.111. The molecule has 25 heavy (non-hydrogen) atoms. The SMILES string of the molecule is CCc1ccc2c(c1)c(=O)n(C1CCC(O)CC1)c1nc(N)ncc21. The van der Waals surface area contributed by atoms with Gasteiger partial charge in [-0.05, 0) is 49.1 Å². The third kappa shape index (κ3) is 2.66. The molecule has 0 bridgehead atoms. The van der Waals surface area contributed by atoms with Crippen LogP contribution in [0, 0.1) is 0 Å². The number of benzene rings is 1. The Bertz CT molecular complexity index is 1000. The summed E-state index contributed by atoms with van der Waals surface area (Å²) in [5.74, 6) is 0.168. The zero-order chi connectivity index (χ0) is 17.6. The molecule has 0 unspecified atom stereocenters. The van der Waals surface area contributed by atoms with Crippen LogP contribution in [0.3, 0.4) is 0 Å². The van der Waals surface area contributed by atoms with E-state index in [-0.39, 0.29) is 23.7 Å². The fourth-order valence-electron chi connectivity index (χ4n) is 3.86. The third-order valence-corrected chi connectivity index (χ3v) is 5.28. The third-order valence-electron chi connectivity index (χ3n) is 5.28. The van der Waals surface area contributed by atoms with Crippen LogP contribution < -0.4 is 11.3 Å². The molecule has 1 fully saturated rings. The fraction of sp³-hybridized carbons (Fsp3) is 0.421. The molecule has 0 spiro atoms. The average molecular weight is 338 g/mol. The van der Waals surface area contributed by atoms with Crippen molar-refractivity contribution in [2.75, 3.05) is 5.73 Å². The highest BCUT2D eigenvalue weighted by Crippen LogP contribution is 2.31. The maximum Gasteiger partial charge on any atom is 0.260 e. The topological polar surface area (TPSA) is 94.0 Å². The highest BCUT2D eigenvalue weighted by atomic mass is 16.3. The normalized spacial score (nSPS) is 21.0. The molecule has 0 saturated heterocycles. The molecule has 4 rings (SSSR count). The van der Waals surface area contributed by atoms with Crippen LogP contribution >= 0.6 is 0 Å². The zero-order valence-corrected chi connectivity index (χ0v) is 14.3. The molecule has 130 valence electrons. The molecule has 1 aromatic carbocycles. The number of aromatic nitrogens is 3. The van der Waals surface area contributed by atoms with E-state index in [0.29, 0.717) is 23.9 Å². The monoisotopic (exact) mass is 338 g/mol. The van der Waals surface area contributed by atoms with Crippen molar-refractivity contribution < 1.29 is 5.11 Å².